The first-order valence-electron chi connectivity index (χ1n) is 5.94. The number of hydrogen-bond acceptors (Lipinski definition) is 2. The number of rotatable bonds is 0. The molecule has 1 rings (SSSR count). The van der Waals surface area contributed by atoms with Crippen LogP contribution in [0.3, 0.4) is 0 Å². The molecular formula is C13H26NO-. The van der Waals surface area contributed by atoms with Crippen molar-refractivity contribution in [3.63, 3.8) is 0 Å². The second kappa shape index (κ2) is 3.46. The third kappa shape index (κ3) is 2.54. The Morgan fingerprint density at radius 3 is 1.60 bits per heavy atom. The second-order valence-corrected chi connectivity index (χ2v) is 7.39. The smallest absolute Gasteiger partial charge is 0.00397 e. The summed E-state index contributed by atoms with van der Waals surface area (Å²) in [6.07, 6.45) is 2.01. The summed E-state index contributed by atoms with van der Waals surface area (Å²) in [6.45, 7) is 15.1. The minimum atomic E-state index is -0.223. The fourth-order valence-corrected chi connectivity index (χ4v) is 2.88. The largest absolute Gasteiger partial charge is 0.784 e. The predicted molar refractivity (Wildman–Crippen MR) is 65.5 cm³/mol. The van der Waals surface area contributed by atoms with Gasteiger partial charge in [-0.25, -0.2) is 0 Å². The van der Waals surface area contributed by atoms with Crippen LogP contribution >= 0.6 is 0 Å². The maximum atomic E-state index is 12.2. The van der Waals surface area contributed by atoms with Gasteiger partial charge in [-0.05, 0) is 51.9 Å². The zero-order valence-corrected chi connectivity index (χ0v) is 11.3. The van der Waals surface area contributed by atoms with Crippen LogP contribution in [0.15, 0.2) is 0 Å². The summed E-state index contributed by atoms with van der Waals surface area (Å²) in [7, 11) is 0. The summed E-state index contributed by atoms with van der Waals surface area (Å²) in [6, 6.07) is 0. The number of piperidine rings is 1. The minimum absolute atomic E-state index is 0.223. The predicted octanol–water partition coefficient (Wildman–Crippen LogP) is 3.80. The van der Waals surface area contributed by atoms with Gasteiger partial charge in [-0.3, -0.25) is 0 Å². The van der Waals surface area contributed by atoms with E-state index in [2.05, 4.69) is 48.5 Å². The molecule has 90 valence electrons. The molecule has 0 unspecified atom stereocenters. The summed E-state index contributed by atoms with van der Waals surface area (Å²) in [5.41, 5.74) is -0.144. The minimum Gasteiger partial charge on any atom is -0.784 e. The Morgan fingerprint density at radius 2 is 1.33 bits per heavy atom. The summed E-state index contributed by atoms with van der Waals surface area (Å²) in [4.78, 5) is 0. The van der Waals surface area contributed by atoms with Crippen LogP contribution in [-0.2, 0) is 0 Å². The van der Waals surface area contributed by atoms with E-state index < -0.39 is 0 Å². The van der Waals surface area contributed by atoms with Crippen LogP contribution in [0, 0.1) is 16.5 Å². The first-order chi connectivity index (χ1) is 6.47. The van der Waals surface area contributed by atoms with Gasteiger partial charge in [-0.1, -0.05) is 20.8 Å². The number of hydroxylamine groups is 2. The monoisotopic (exact) mass is 212 g/mol. The highest BCUT2D eigenvalue weighted by atomic mass is 16.5. The van der Waals surface area contributed by atoms with Crippen LogP contribution in [-0.4, -0.2) is 16.1 Å². The molecule has 0 amide bonds. The summed E-state index contributed by atoms with van der Waals surface area (Å²) in [5, 5.41) is 13.5. The Morgan fingerprint density at radius 1 is 1.00 bits per heavy atom. The molecule has 0 aromatic heterocycles. The van der Waals surface area contributed by atoms with Gasteiger partial charge < -0.3 is 10.3 Å². The molecule has 1 aliphatic rings. The van der Waals surface area contributed by atoms with Gasteiger partial charge in [0.25, 0.3) is 0 Å². The second-order valence-electron chi connectivity index (χ2n) is 7.39. The van der Waals surface area contributed by atoms with Crippen LogP contribution in [0.5, 0.6) is 0 Å². The molecule has 0 bridgehead atoms. The summed E-state index contributed by atoms with van der Waals surface area (Å²) < 4.78 is 0. The molecular weight excluding hydrogens is 186 g/mol. The highest BCUT2D eigenvalue weighted by Gasteiger charge is 2.43. The highest BCUT2D eigenvalue weighted by molar-refractivity contribution is 5.02. The van der Waals surface area contributed by atoms with Crippen molar-refractivity contribution < 1.29 is 0 Å². The fraction of sp³-hybridized carbons (Fsp3) is 1.00. The lowest BCUT2D eigenvalue weighted by Crippen LogP contribution is -2.59. The number of nitrogens with zero attached hydrogens (tertiary/aromatic N) is 1. The topological polar surface area (TPSA) is 26.3 Å². The average Bonchev–Trinajstić information content (AvgIpc) is 1.97. The molecule has 0 radical (unpaired) electrons. The van der Waals surface area contributed by atoms with Crippen molar-refractivity contribution >= 4 is 0 Å². The van der Waals surface area contributed by atoms with Gasteiger partial charge in [0.15, 0.2) is 0 Å². The Balaban J connectivity index is 2.94. The summed E-state index contributed by atoms with van der Waals surface area (Å²) >= 11 is 0. The van der Waals surface area contributed by atoms with Crippen LogP contribution in [0.25, 0.3) is 0 Å². The van der Waals surface area contributed by atoms with Crippen LogP contribution < -0.4 is 0 Å². The van der Waals surface area contributed by atoms with Crippen molar-refractivity contribution in [3.05, 3.63) is 5.21 Å². The molecule has 15 heavy (non-hydrogen) atoms. The molecule has 0 N–H and O–H groups in total. The van der Waals surface area contributed by atoms with Gasteiger partial charge in [-0.15, -0.1) is 0 Å². The van der Waals surface area contributed by atoms with Crippen molar-refractivity contribution in [2.45, 2.75) is 72.4 Å². The van der Waals surface area contributed by atoms with Gasteiger partial charge in [-0.2, -0.15) is 0 Å². The van der Waals surface area contributed by atoms with E-state index in [4.69, 9.17) is 0 Å². The summed E-state index contributed by atoms with van der Waals surface area (Å²) in [5.74, 6) is 0.632. The van der Waals surface area contributed by atoms with E-state index in [0.29, 0.717) is 11.3 Å². The molecule has 2 heteroatoms. The molecule has 0 aromatic carbocycles. The van der Waals surface area contributed by atoms with E-state index in [1.165, 1.54) is 5.06 Å². The Bertz CT molecular complexity index is 219. The zero-order chi connectivity index (χ0) is 12.1. The Kier molecular flexibility index (Phi) is 2.99. The van der Waals surface area contributed by atoms with Crippen LogP contribution in [0.4, 0.5) is 0 Å². The van der Waals surface area contributed by atoms with E-state index >= 15 is 0 Å². The molecule has 0 saturated carbocycles. The third-order valence-corrected chi connectivity index (χ3v) is 3.82. The van der Waals surface area contributed by atoms with E-state index in [1.807, 2.05) is 0 Å². The highest BCUT2D eigenvalue weighted by Crippen LogP contribution is 2.46. The third-order valence-electron chi connectivity index (χ3n) is 3.82. The quantitative estimate of drug-likeness (QED) is 0.610. The lowest BCUT2D eigenvalue weighted by molar-refractivity contribution is -0.0410. The Labute approximate surface area is 94.6 Å². The van der Waals surface area contributed by atoms with Crippen molar-refractivity contribution in [2.75, 3.05) is 0 Å². The SMILES string of the molecule is CC(C)(C)C1CC(C)(C)N([O-])C(C)(C)C1. The molecule has 0 aromatic rings. The molecule has 0 spiro atoms. The molecule has 0 atom stereocenters. The van der Waals surface area contributed by atoms with E-state index in [0.717, 1.165) is 12.8 Å². The van der Waals surface area contributed by atoms with Crippen LogP contribution in [0.1, 0.15) is 61.3 Å². The standard InChI is InChI=1S/C13H26NO/c1-11(2,3)10-8-12(4,5)14(15)13(6,7)9-10/h10H,8-9H2,1-7H3/q-1. The molecule has 2 nitrogen and oxygen atoms in total. The first-order valence-corrected chi connectivity index (χ1v) is 5.94. The molecule has 1 saturated heterocycles. The van der Waals surface area contributed by atoms with E-state index in [1.54, 1.807) is 0 Å². The lowest BCUT2D eigenvalue weighted by atomic mass is 9.65. The lowest BCUT2D eigenvalue weighted by Gasteiger charge is -2.61. The van der Waals surface area contributed by atoms with Gasteiger partial charge in [0.1, 0.15) is 0 Å². The zero-order valence-electron chi connectivity index (χ0n) is 11.3. The maximum absolute atomic E-state index is 12.2. The van der Waals surface area contributed by atoms with Gasteiger partial charge in [0, 0.05) is 11.1 Å². The molecule has 1 fully saturated rings. The maximum Gasteiger partial charge on any atom is 0.00397 e. The van der Waals surface area contributed by atoms with Gasteiger partial charge in [0.05, 0.1) is 0 Å². The average molecular weight is 212 g/mol. The fourth-order valence-electron chi connectivity index (χ4n) is 2.88. The van der Waals surface area contributed by atoms with Gasteiger partial charge >= 0.3 is 0 Å². The van der Waals surface area contributed by atoms with Crippen molar-refractivity contribution in [2.24, 2.45) is 11.3 Å². The van der Waals surface area contributed by atoms with Crippen molar-refractivity contribution in [1.82, 2.24) is 5.06 Å². The van der Waals surface area contributed by atoms with Crippen molar-refractivity contribution in [3.8, 4) is 0 Å². The molecule has 0 aliphatic carbocycles. The van der Waals surface area contributed by atoms with E-state index in [-0.39, 0.29) is 11.1 Å². The Hall–Kier alpha value is -0.0800. The molecule has 1 heterocycles. The van der Waals surface area contributed by atoms with Crippen LogP contribution in [0.2, 0.25) is 0 Å². The molecule has 1 aliphatic heterocycles. The van der Waals surface area contributed by atoms with E-state index in [9.17, 15) is 5.21 Å². The number of hydrogen-bond donors (Lipinski definition) is 0. The first kappa shape index (κ1) is 13.0. The normalized spacial score (nSPS) is 28.0. The van der Waals surface area contributed by atoms with Crippen molar-refractivity contribution in [1.29, 1.82) is 0 Å². The van der Waals surface area contributed by atoms with Gasteiger partial charge in [0.2, 0.25) is 0 Å².